The predicted octanol–water partition coefficient (Wildman–Crippen LogP) is 2.05. The Morgan fingerprint density at radius 3 is 2.50 bits per heavy atom. The first-order chi connectivity index (χ1) is 9.32. The van der Waals surface area contributed by atoms with Gasteiger partial charge in [-0.3, -0.25) is 0 Å². The number of likely N-dealkylation sites (N-methyl/N-ethyl adjacent to an activating group) is 1. The van der Waals surface area contributed by atoms with Crippen molar-refractivity contribution in [1.29, 1.82) is 0 Å². The second-order valence-electron chi connectivity index (χ2n) is 4.76. The first-order valence-electron chi connectivity index (χ1n) is 6.15. The second-order valence-corrected chi connectivity index (χ2v) is 7.49. The van der Waals surface area contributed by atoms with Crippen molar-refractivity contribution >= 4 is 26.0 Å². The number of benzene rings is 1. The average Bonchev–Trinajstić information content (AvgIpc) is 2.52. The van der Waals surface area contributed by atoms with Gasteiger partial charge in [-0.2, -0.15) is 4.31 Å². The van der Waals surface area contributed by atoms with E-state index in [4.69, 9.17) is 0 Å². The molecule has 1 fully saturated rings. The molecular weight excluding hydrogens is 354 g/mol. The SMILES string of the molecule is CN1CCCN(S(=O)(=O)c2c(F)cc(F)cc2Br)CC1. The fourth-order valence-corrected chi connectivity index (χ4v) is 4.75. The molecule has 8 heteroatoms. The van der Waals surface area contributed by atoms with E-state index < -0.39 is 26.6 Å². The number of nitrogens with zero attached hydrogens (tertiary/aromatic N) is 2. The molecular formula is C12H15BrF2N2O2S. The Kier molecular flexibility index (Phi) is 4.78. The molecule has 0 N–H and O–H groups in total. The van der Waals surface area contributed by atoms with Gasteiger partial charge >= 0.3 is 0 Å². The molecule has 1 saturated heterocycles. The number of hydrogen-bond acceptors (Lipinski definition) is 3. The maximum absolute atomic E-state index is 13.9. The van der Waals surface area contributed by atoms with E-state index in [1.165, 1.54) is 4.31 Å². The maximum Gasteiger partial charge on any atom is 0.247 e. The van der Waals surface area contributed by atoms with Crippen LogP contribution in [-0.4, -0.2) is 50.8 Å². The Balaban J connectivity index is 2.40. The fraction of sp³-hybridized carbons (Fsp3) is 0.500. The number of halogens is 3. The molecule has 1 aliphatic heterocycles. The largest absolute Gasteiger partial charge is 0.305 e. The van der Waals surface area contributed by atoms with E-state index in [2.05, 4.69) is 15.9 Å². The lowest BCUT2D eigenvalue weighted by Gasteiger charge is -2.21. The zero-order valence-electron chi connectivity index (χ0n) is 10.9. The van der Waals surface area contributed by atoms with Gasteiger partial charge in [-0.15, -0.1) is 0 Å². The fourth-order valence-electron chi connectivity index (χ4n) is 2.17. The van der Waals surface area contributed by atoms with Gasteiger partial charge in [-0.1, -0.05) is 0 Å². The van der Waals surface area contributed by atoms with Crippen molar-refractivity contribution in [3.05, 3.63) is 28.2 Å². The third kappa shape index (κ3) is 3.19. The summed E-state index contributed by atoms with van der Waals surface area (Å²) in [5, 5.41) is 0. The van der Waals surface area contributed by atoms with Crippen molar-refractivity contribution in [3.8, 4) is 0 Å². The van der Waals surface area contributed by atoms with E-state index in [-0.39, 0.29) is 4.47 Å². The van der Waals surface area contributed by atoms with Crippen LogP contribution in [0.4, 0.5) is 8.78 Å². The summed E-state index contributed by atoms with van der Waals surface area (Å²) in [4.78, 5) is 1.52. The zero-order chi connectivity index (χ0) is 14.9. The summed E-state index contributed by atoms with van der Waals surface area (Å²) in [6.07, 6.45) is 0.677. The molecule has 1 aliphatic rings. The Bertz CT molecular complexity index is 586. The molecule has 1 heterocycles. The standard InChI is InChI=1S/C12H15BrF2N2O2S/c1-16-3-2-4-17(6-5-16)20(18,19)12-10(13)7-9(14)8-11(12)15/h7-8H,2-6H2,1H3. The van der Waals surface area contributed by atoms with Crippen LogP contribution in [-0.2, 0) is 10.0 Å². The third-order valence-corrected chi connectivity index (χ3v) is 6.10. The van der Waals surface area contributed by atoms with E-state index in [1.54, 1.807) is 0 Å². The number of hydrogen-bond donors (Lipinski definition) is 0. The maximum atomic E-state index is 13.9. The zero-order valence-corrected chi connectivity index (χ0v) is 13.3. The summed E-state index contributed by atoms with van der Waals surface area (Å²) in [6, 6.07) is 1.54. The van der Waals surface area contributed by atoms with Gasteiger partial charge < -0.3 is 4.90 Å². The minimum absolute atomic E-state index is 0.0902. The first-order valence-corrected chi connectivity index (χ1v) is 8.39. The minimum Gasteiger partial charge on any atom is -0.305 e. The van der Waals surface area contributed by atoms with E-state index in [9.17, 15) is 17.2 Å². The Labute approximate surface area is 125 Å². The van der Waals surface area contributed by atoms with E-state index in [0.29, 0.717) is 32.1 Å². The number of rotatable bonds is 2. The molecule has 2 rings (SSSR count). The van der Waals surface area contributed by atoms with Crippen LogP contribution in [0.15, 0.2) is 21.5 Å². The average molecular weight is 369 g/mol. The van der Waals surface area contributed by atoms with Crippen LogP contribution in [0.25, 0.3) is 0 Å². The Morgan fingerprint density at radius 2 is 1.85 bits per heavy atom. The highest BCUT2D eigenvalue weighted by molar-refractivity contribution is 9.10. The van der Waals surface area contributed by atoms with Crippen LogP contribution in [0.2, 0.25) is 0 Å². The molecule has 112 valence electrons. The van der Waals surface area contributed by atoms with Gasteiger partial charge in [-0.05, 0) is 42.0 Å². The summed E-state index contributed by atoms with van der Waals surface area (Å²) in [6.45, 7) is 2.00. The molecule has 0 aliphatic carbocycles. The Morgan fingerprint density at radius 1 is 1.15 bits per heavy atom. The normalized spacial score (nSPS) is 19.0. The first kappa shape index (κ1) is 15.8. The minimum atomic E-state index is -3.97. The van der Waals surface area contributed by atoms with E-state index in [1.807, 2.05) is 11.9 Å². The van der Waals surface area contributed by atoms with Gasteiger partial charge in [0.25, 0.3) is 0 Å². The van der Waals surface area contributed by atoms with Crippen molar-refractivity contribution in [3.63, 3.8) is 0 Å². The van der Waals surface area contributed by atoms with Gasteiger partial charge in [0.1, 0.15) is 16.5 Å². The summed E-state index contributed by atoms with van der Waals surface area (Å²) in [5.74, 6) is -1.89. The highest BCUT2D eigenvalue weighted by Crippen LogP contribution is 2.29. The molecule has 0 atom stereocenters. The third-order valence-electron chi connectivity index (χ3n) is 3.24. The summed E-state index contributed by atoms with van der Waals surface area (Å²) >= 11 is 2.94. The number of sulfonamides is 1. The van der Waals surface area contributed by atoms with Crippen molar-refractivity contribution < 1.29 is 17.2 Å². The topological polar surface area (TPSA) is 40.6 Å². The van der Waals surface area contributed by atoms with E-state index in [0.717, 1.165) is 12.6 Å². The quantitative estimate of drug-likeness (QED) is 0.801. The van der Waals surface area contributed by atoms with Gasteiger partial charge in [0, 0.05) is 30.2 Å². The van der Waals surface area contributed by atoms with Crippen LogP contribution >= 0.6 is 15.9 Å². The molecule has 4 nitrogen and oxygen atoms in total. The van der Waals surface area contributed by atoms with E-state index >= 15 is 0 Å². The lowest BCUT2D eigenvalue weighted by atomic mass is 10.3. The van der Waals surface area contributed by atoms with Crippen LogP contribution in [0.1, 0.15) is 6.42 Å². The Hall–Kier alpha value is -0.570. The molecule has 1 aromatic rings. The molecule has 0 spiro atoms. The molecule has 20 heavy (non-hydrogen) atoms. The molecule has 0 bridgehead atoms. The van der Waals surface area contributed by atoms with Gasteiger partial charge in [-0.25, -0.2) is 17.2 Å². The van der Waals surface area contributed by atoms with Crippen molar-refractivity contribution in [1.82, 2.24) is 9.21 Å². The van der Waals surface area contributed by atoms with Crippen molar-refractivity contribution in [2.75, 3.05) is 33.2 Å². The molecule has 1 aromatic carbocycles. The summed E-state index contributed by atoms with van der Waals surface area (Å²) < 4.78 is 53.1. The summed E-state index contributed by atoms with van der Waals surface area (Å²) in [5.41, 5.74) is 0. The monoisotopic (exact) mass is 368 g/mol. The lowest BCUT2D eigenvalue weighted by molar-refractivity contribution is 0.346. The van der Waals surface area contributed by atoms with Crippen LogP contribution in [0.3, 0.4) is 0 Å². The van der Waals surface area contributed by atoms with Gasteiger partial charge in [0.2, 0.25) is 10.0 Å². The molecule has 0 radical (unpaired) electrons. The van der Waals surface area contributed by atoms with Crippen LogP contribution in [0, 0.1) is 11.6 Å². The van der Waals surface area contributed by atoms with Crippen LogP contribution in [0.5, 0.6) is 0 Å². The second kappa shape index (κ2) is 6.05. The highest BCUT2D eigenvalue weighted by atomic mass is 79.9. The van der Waals surface area contributed by atoms with Crippen molar-refractivity contribution in [2.45, 2.75) is 11.3 Å². The highest BCUT2D eigenvalue weighted by Gasteiger charge is 2.31. The van der Waals surface area contributed by atoms with Gasteiger partial charge in [0.05, 0.1) is 0 Å². The smallest absolute Gasteiger partial charge is 0.247 e. The van der Waals surface area contributed by atoms with Crippen molar-refractivity contribution in [2.24, 2.45) is 0 Å². The predicted molar refractivity (Wildman–Crippen MR) is 74.9 cm³/mol. The van der Waals surface area contributed by atoms with Crippen LogP contribution < -0.4 is 0 Å². The van der Waals surface area contributed by atoms with Gasteiger partial charge in [0.15, 0.2) is 0 Å². The summed E-state index contributed by atoms with van der Waals surface area (Å²) in [7, 11) is -2.06. The molecule has 0 unspecified atom stereocenters. The molecule has 0 amide bonds. The molecule has 0 saturated carbocycles. The molecule has 0 aromatic heterocycles. The lowest BCUT2D eigenvalue weighted by Crippen LogP contribution is -2.35.